The van der Waals surface area contributed by atoms with Gasteiger partial charge in [-0.25, -0.2) is 17.5 Å². The van der Waals surface area contributed by atoms with E-state index in [1.54, 1.807) is 6.07 Å². The Morgan fingerprint density at radius 3 is 2.60 bits per heavy atom. The Bertz CT molecular complexity index is 933. The lowest BCUT2D eigenvalue weighted by atomic mass is 10.2. The van der Waals surface area contributed by atoms with Crippen molar-refractivity contribution < 1.29 is 17.6 Å². The molecule has 132 valence electrons. The molecule has 0 bridgehead atoms. The van der Waals surface area contributed by atoms with E-state index in [1.807, 2.05) is 0 Å². The fourth-order valence-corrected chi connectivity index (χ4v) is 3.32. The van der Waals surface area contributed by atoms with Gasteiger partial charge in [-0.2, -0.15) is 0 Å². The van der Waals surface area contributed by atoms with Crippen LogP contribution in [-0.2, 0) is 10.0 Å². The van der Waals surface area contributed by atoms with Crippen molar-refractivity contribution in [3.05, 3.63) is 70.5 Å². The van der Waals surface area contributed by atoms with Gasteiger partial charge in [-0.15, -0.1) is 6.58 Å². The lowest BCUT2D eigenvalue weighted by molar-refractivity contribution is 0.102. The second-order valence-electron chi connectivity index (χ2n) is 4.86. The molecular weight excluding hydrogens is 390 g/mol. The van der Waals surface area contributed by atoms with Crippen molar-refractivity contribution in [2.45, 2.75) is 4.90 Å². The Kier molecular flexibility index (Phi) is 6.18. The average molecular weight is 403 g/mol. The van der Waals surface area contributed by atoms with Crippen molar-refractivity contribution in [3.63, 3.8) is 0 Å². The largest absolute Gasteiger partial charge is 0.321 e. The first kappa shape index (κ1) is 19.4. The standard InChI is InChI=1S/C16H13Cl2FN2O3S/c1-2-7-20-25(23,24)15-8-10(3-6-13(15)19)16(22)21-14-9-11(17)4-5-12(14)18/h2-6,8-9,20H,1,7H2,(H,21,22). The third-order valence-corrected chi connectivity index (χ3v) is 5.08. The lowest BCUT2D eigenvalue weighted by Crippen LogP contribution is -2.25. The molecule has 0 atom stereocenters. The SMILES string of the molecule is C=CCNS(=O)(=O)c1cc(C(=O)Nc2cc(Cl)ccc2Cl)ccc1F. The molecule has 1 amide bonds. The number of benzene rings is 2. The predicted octanol–water partition coefficient (Wildman–Crippen LogP) is 3.85. The molecule has 0 saturated heterocycles. The van der Waals surface area contributed by atoms with Gasteiger partial charge in [-0.3, -0.25) is 4.79 Å². The quantitative estimate of drug-likeness (QED) is 0.720. The summed E-state index contributed by atoms with van der Waals surface area (Å²) < 4.78 is 40.2. The van der Waals surface area contributed by atoms with E-state index in [-0.39, 0.29) is 22.8 Å². The van der Waals surface area contributed by atoms with Gasteiger partial charge in [-0.05, 0) is 36.4 Å². The molecule has 0 spiro atoms. The predicted molar refractivity (Wildman–Crippen MR) is 96.2 cm³/mol. The molecule has 0 aromatic heterocycles. The second-order valence-corrected chi connectivity index (χ2v) is 7.44. The zero-order valence-corrected chi connectivity index (χ0v) is 15.1. The molecule has 0 aliphatic carbocycles. The normalized spacial score (nSPS) is 11.2. The molecule has 2 aromatic rings. The van der Waals surface area contributed by atoms with Crippen molar-refractivity contribution in [2.75, 3.05) is 11.9 Å². The summed E-state index contributed by atoms with van der Waals surface area (Å²) in [5, 5.41) is 3.11. The van der Waals surface area contributed by atoms with Gasteiger partial charge < -0.3 is 5.32 Å². The van der Waals surface area contributed by atoms with Crippen LogP contribution in [-0.4, -0.2) is 20.9 Å². The van der Waals surface area contributed by atoms with Crippen LogP contribution in [0.5, 0.6) is 0 Å². The molecule has 2 N–H and O–H groups in total. The molecule has 0 fully saturated rings. The van der Waals surface area contributed by atoms with Gasteiger partial charge in [0.25, 0.3) is 5.91 Å². The highest BCUT2D eigenvalue weighted by Crippen LogP contribution is 2.26. The minimum Gasteiger partial charge on any atom is -0.321 e. The maximum atomic E-state index is 13.9. The smallest absolute Gasteiger partial charge is 0.255 e. The summed E-state index contributed by atoms with van der Waals surface area (Å²) in [6.07, 6.45) is 1.31. The molecule has 2 aromatic carbocycles. The fourth-order valence-electron chi connectivity index (χ4n) is 1.88. The lowest BCUT2D eigenvalue weighted by Gasteiger charge is -2.10. The molecule has 0 saturated carbocycles. The first-order valence-corrected chi connectivity index (χ1v) is 9.15. The zero-order valence-electron chi connectivity index (χ0n) is 12.7. The van der Waals surface area contributed by atoms with Gasteiger partial charge in [0.2, 0.25) is 10.0 Å². The number of hydrogen-bond acceptors (Lipinski definition) is 3. The minimum atomic E-state index is -4.12. The Morgan fingerprint density at radius 1 is 1.20 bits per heavy atom. The number of anilines is 1. The topological polar surface area (TPSA) is 75.3 Å². The molecule has 2 rings (SSSR count). The van der Waals surface area contributed by atoms with Crippen LogP contribution in [0, 0.1) is 5.82 Å². The van der Waals surface area contributed by atoms with E-state index in [2.05, 4.69) is 16.6 Å². The molecule has 25 heavy (non-hydrogen) atoms. The van der Waals surface area contributed by atoms with Crippen molar-refractivity contribution in [1.82, 2.24) is 4.72 Å². The minimum absolute atomic E-state index is 0.0589. The monoisotopic (exact) mass is 402 g/mol. The Balaban J connectivity index is 2.34. The first-order chi connectivity index (χ1) is 11.7. The molecule has 5 nitrogen and oxygen atoms in total. The number of carbonyl (C=O) groups excluding carboxylic acids is 1. The van der Waals surface area contributed by atoms with E-state index in [0.717, 1.165) is 18.2 Å². The van der Waals surface area contributed by atoms with Crippen LogP contribution in [0.15, 0.2) is 53.9 Å². The maximum Gasteiger partial charge on any atom is 0.255 e. The van der Waals surface area contributed by atoms with Crippen molar-refractivity contribution in [3.8, 4) is 0 Å². The molecular formula is C16H13Cl2FN2O3S. The summed E-state index contributed by atoms with van der Waals surface area (Å²) in [7, 11) is -4.12. The fraction of sp³-hybridized carbons (Fsp3) is 0.0625. The van der Waals surface area contributed by atoms with Gasteiger partial charge >= 0.3 is 0 Å². The van der Waals surface area contributed by atoms with Gasteiger partial charge in [0.15, 0.2) is 0 Å². The summed E-state index contributed by atoms with van der Waals surface area (Å²) in [4.78, 5) is 11.7. The van der Waals surface area contributed by atoms with Crippen LogP contribution in [0.3, 0.4) is 0 Å². The van der Waals surface area contributed by atoms with E-state index in [4.69, 9.17) is 23.2 Å². The first-order valence-electron chi connectivity index (χ1n) is 6.91. The maximum absolute atomic E-state index is 13.9. The van der Waals surface area contributed by atoms with Gasteiger partial charge in [-0.1, -0.05) is 29.3 Å². The van der Waals surface area contributed by atoms with Crippen LogP contribution >= 0.6 is 23.2 Å². The Labute approximate surface area is 154 Å². The molecule has 0 aliphatic heterocycles. The molecule has 0 aliphatic rings. The van der Waals surface area contributed by atoms with Crippen LogP contribution in [0.4, 0.5) is 10.1 Å². The van der Waals surface area contributed by atoms with Crippen LogP contribution < -0.4 is 10.0 Å². The molecule has 0 radical (unpaired) electrons. The van der Waals surface area contributed by atoms with Crippen molar-refractivity contribution >= 4 is 44.8 Å². The number of hydrogen-bond donors (Lipinski definition) is 2. The van der Waals surface area contributed by atoms with E-state index in [9.17, 15) is 17.6 Å². The molecule has 9 heteroatoms. The summed E-state index contributed by atoms with van der Waals surface area (Å²) >= 11 is 11.8. The summed E-state index contributed by atoms with van der Waals surface area (Å²) in [6, 6.07) is 7.49. The highest BCUT2D eigenvalue weighted by Gasteiger charge is 2.21. The summed E-state index contributed by atoms with van der Waals surface area (Å²) in [5.41, 5.74) is 0.189. The van der Waals surface area contributed by atoms with Crippen LogP contribution in [0.1, 0.15) is 10.4 Å². The average Bonchev–Trinajstić information content (AvgIpc) is 2.56. The van der Waals surface area contributed by atoms with E-state index >= 15 is 0 Å². The number of carbonyl (C=O) groups is 1. The highest BCUT2D eigenvalue weighted by molar-refractivity contribution is 7.89. The number of halogens is 3. The molecule has 0 heterocycles. The highest BCUT2D eigenvalue weighted by atomic mass is 35.5. The molecule has 0 unspecified atom stereocenters. The number of amides is 1. The van der Waals surface area contributed by atoms with E-state index in [1.165, 1.54) is 18.2 Å². The Hall–Kier alpha value is -1.93. The van der Waals surface area contributed by atoms with Crippen LogP contribution in [0.2, 0.25) is 10.0 Å². The van der Waals surface area contributed by atoms with Gasteiger partial charge in [0, 0.05) is 17.1 Å². The zero-order chi connectivity index (χ0) is 18.6. The Morgan fingerprint density at radius 2 is 1.92 bits per heavy atom. The second kappa shape index (κ2) is 7.97. The van der Waals surface area contributed by atoms with Crippen molar-refractivity contribution in [1.29, 1.82) is 0 Å². The van der Waals surface area contributed by atoms with Gasteiger partial charge in [0.05, 0.1) is 10.7 Å². The summed E-state index contributed by atoms with van der Waals surface area (Å²) in [6.45, 7) is 3.31. The van der Waals surface area contributed by atoms with Gasteiger partial charge in [0.1, 0.15) is 10.7 Å². The number of nitrogens with one attached hydrogen (secondary N) is 2. The summed E-state index contributed by atoms with van der Waals surface area (Å²) in [5.74, 6) is -1.64. The third kappa shape index (κ3) is 4.79. The van der Waals surface area contributed by atoms with Crippen LogP contribution in [0.25, 0.3) is 0 Å². The van der Waals surface area contributed by atoms with Crippen molar-refractivity contribution in [2.24, 2.45) is 0 Å². The van der Waals surface area contributed by atoms with E-state index in [0.29, 0.717) is 5.02 Å². The number of rotatable bonds is 6. The third-order valence-electron chi connectivity index (χ3n) is 3.08. The number of sulfonamides is 1. The van der Waals surface area contributed by atoms with E-state index < -0.39 is 26.6 Å².